The molecule has 1 N–H and O–H groups in total. The number of rotatable bonds is 21. The highest BCUT2D eigenvalue weighted by molar-refractivity contribution is 7.07. The molecular weight excluding hydrogens is 1550 g/mol. The van der Waals surface area contributed by atoms with E-state index in [0.29, 0.717) is 79.1 Å². The van der Waals surface area contributed by atoms with Crippen LogP contribution in [0.2, 0.25) is 0 Å². The SMILES string of the molecule is C=CCOC(=O)C1=C(C)N=c2s/c(=C/c3ccco3)c(=O)n2C1c1ccc(OC(=O)c2ccco2)cc1.C=CCOC(=O)C1=C(C)N=c2s/c(=C/c3ccco3)c(=O)n2C1c1ccc(OC(=O)c2ccco2)cc1.C=CCOC(=O)C1=C(C)N=c2s/c(=C/c3ccco3)c(=O)n2C1c1ccc(OC(=O)c2ccco2)cc1.CC(=O)O. The molecule has 3 atom stereocenters. The van der Waals surface area contributed by atoms with Crippen molar-refractivity contribution in [1.29, 1.82) is 0 Å². The number of aromatic nitrogens is 3. The van der Waals surface area contributed by atoms with Crippen molar-refractivity contribution in [2.24, 2.45) is 15.0 Å². The van der Waals surface area contributed by atoms with Gasteiger partial charge in [0.2, 0.25) is 17.3 Å². The fourth-order valence-electron chi connectivity index (χ4n) is 11.6. The van der Waals surface area contributed by atoms with E-state index < -0.39 is 59.9 Å². The van der Waals surface area contributed by atoms with Gasteiger partial charge in [0.05, 0.1) is 103 Å². The molecule has 0 amide bonds. The molecule has 0 aliphatic carbocycles. The summed E-state index contributed by atoms with van der Waals surface area (Å²) in [5, 5.41) is 7.42. The average Bonchev–Trinajstić information content (AvgIpc) is 1.14. The van der Waals surface area contributed by atoms with Crippen molar-refractivity contribution in [3.8, 4) is 17.2 Å². The number of thiazole rings is 3. The van der Waals surface area contributed by atoms with Gasteiger partial charge in [-0.3, -0.25) is 32.9 Å². The molecule has 12 heterocycles. The van der Waals surface area contributed by atoms with Crippen molar-refractivity contribution in [3.05, 3.63) is 365 Å². The predicted molar refractivity (Wildman–Crippen MR) is 415 cm³/mol. The van der Waals surface area contributed by atoms with Crippen LogP contribution in [-0.2, 0) is 33.4 Å². The number of aliphatic carboxylic acids is 1. The van der Waals surface area contributed by atoms with Gasteiger partial charge < -0.3 is 60.0 Å². The molecule has 3 aromatic carbocycles. The first-order chi connectivity index (χ1) is 55.6. The van der Waals surface area contributed by atoms with Crippen LogP contribution < -0.4 is 58.9 Å². The standard InChI is InChI=1S/3C27H20N2O7S.C2H4O2/c3*1-3-12-35-26(32)22-16(2)28-27-29(24(30)21(37-27)15-19-6-4-13-33-19)23(22)17-8-10-18(11-9-17)36-25(31)20-7-5-14-34-20;1-2(3)4/h3*3-11,13-15,23H,1,12H2,2H3;1H3,(H,3,4)/b3*21-15+;. The van der Waals surface area contributed by atoms with E-state index in [1.54, 1.807) is 166 Å². The van der Waals surface area contributed by atoms with E-state index in [9.17, 15) is 43.2 Å². The van der Waals surface area contributed by atoms with Crippen LogP contribution >= 0.6 is 34.0 Å². The summed E-state index contributed by atoms with van der Waals surface area (Å²) in [6.07, 6.45) is 18.0. The van der Waals surface area contributed by atoms with Crippen LogP contribution in [0.1, 0.15) is 111 Å². The van der Waals surface area contributed by atoms with Gasteiger partial charge in [0.1, 0.15) is 54.3 Å². The Labute approximate surface area is 660 Å². The lowest BCUT2D eigenvalue weighted by Gasteiger charge is -2.24. The van der Waals surface area contributed by atoms with Crippen LogP contribution in [-0.4, -0.2) is 80.4 Å². The summed E-state index contributed by atoms with van der Waals surface area (Å²) in [7, 11) is 0. The van der Waals surface area contributed by atoms with E-state index in [1.165, 1.54) is 122 Å². The zero-order valence-electron chi connectivity index (χ0n) is 61.1. The Bertz CT molecular complexity index is 5740. The maximum atomic E-state index is 13.5. The van der Waals surface area contributed by atoms with Crippen molar-refractivity contribution >= 4 is 94.0 Å². The highest BCUT2D eigenvalue weighted by Gasteiger charge is 2.37. The van der Waals surface area contributed by atoms with Crippen LogP contribution in [0.25, 0.3) is 18.2 Å². The summed E-state index contributed by atoms with van der Waals surface area (Å²) >= 11 is 3.57. The van der Waals surface area contributed by atoms with Gasteiger partial charge in [-0.05, 0) is 147 Å². The number of carbonyl (C=O) groups excluding carboxylic acids is 6. The summed E-state index contributed by atoms with van der Waals surface area (Å²) in [6.45, 7) is 16.9. The van der Waals surface area contributed by atoms with Gasteiger partial charge in [0, 0.05) is 25.2 Å². The highest BCUT2D eigenvalue weighted by atomic mass is 32.1. The number of carbonyl (C=O) groups is 7. The van der Waals surface area contributed by atoms with Crippen LogP contribution in [0.3, 0.4) is 0 Å². The van der Waals surface area contributed by atoms with Crippen LogP contribution in [0.15, 0.2) is 311 Å². The van der Waals surface area contributed by atoms with Crippen molar-refractivity contribution in [2.75, 3.05) is 19.8 Å². The molecule has 3 aliphatic rings. The molecule has 582 valence electrons. The normalized spacial score (nSPS) is 14.9. The smallest absolute Gasteiger partial charge is 0.379 e. The molecule has 0 fully saturated rings. The number of fused-ring (bicyclic) bond motifs is 3. The fourth-order valence-corrected chi connectivity index (χ4v) is 14.7. The number of esters is 6. The van der Waals surface area contributed by atoms with Crippen molar-refractivity contribution in [3.63, 3.8) is 0 Å². The lowest BCUT2D eigenvalue weighted by molar-refractivity contribution is -0.139. The van der Waals surface area contributed by atoms with Crippen molar-refractivity contribution in [2.45, 2.75) is 45.8 Å². The van der Waals surface area contributed by atoms with E-state index in [4.69, 9.17) is 64.8 Å². The molecule has 0 spiro atoms. The van der Waals surface area contributed by atoms with Gasteiger partial charge in [0.15, 0.2) is 14.4 Å². The third-order valence-electron chi connectivity index (χ3n) is 16.6. The largest absolute Gasteiger partial charge is 0.481 e. The molecule has 0 bridgehead atoms. The summed E-state index contributed by atoms with van der Waals surface area (Å²) in [5.74, 6) is -2.03. The lowest BCUT2D eigenvalue weighted by Crippen LogP contribution is -2.39. The summed E-state index contributed by atoms with van der Waals surface area (Å²) < 4.78 is 68.9. The Kier molecular flexibility index (Phi) is 25.3. The van der Waals surface area contributed by atoms with E-state index in [1.807, 2.05) is 0 Å². The lowest BCUT2D eigenvalue weighted by atomic mass is 9.96. The highest BCUT2D eigenvalue weighted by Crippen LogP contribution is 2.36. The van der Waals surface area contributed by atoms with Gasteiger partial charge in [-0.1, -0.05) is 108 Å². The molecule has 3 aliphatic heterocycles. The average molecular weight is 1610 g/mol. The molecule has 115 heavy (non-hydrogen) atoms. The minimum atomic E-state index is -0.833. The Balaban J connectivity index is 0.000000155. The van der Waals surface area contributed by atoms with Crippen molar-refractivity contribution in [1.82, 2.24) is 13.7 Å². The number of allylic oxidation sites excluding steroid dienone is 3. The molecule has 0 radical (unpaired) electrons. The number of nitrogens with zero attached hydrogens (tertiary/aromatic N) is 6. The maximum absolute atomic E-state index is 13.5. The minimum Gasteiger partial charge on any atom is -0.481 e. The number of benzene rings is 3. The maximum Gasteiger partial charge on any atom is 0.379 e. The van der Waals surface area contributed by atoms with Crippen LogP contribution in [0, 0.1) is 0 Å². The first-order valence-electron chi connectivity index (χ1n) is 34.4. The monoisotopic (exact) mass is 1610 g/mol. The summed E-state index contributed by atoms with van der Waals surface area (Å²) in [4.78, 5) is 140. The molecule has 29 nitrogen and oxygen atoms in total. The number of carboxylic acid groups (broad SMARTS) is 1. The molecule has 0 saturated carbocycles. The van der Waals surface area contributed by atoms with Gasteiger partial charge in [0.25, 0.3) is 22.6 Å². The van der Waals surface area contributed by atoms with E-state index >= 15 is 0 Å². The van der Waals surface area contributed by atoms with Crippen molar-refractivity contribution < 1.29 is 93.6 Å². The Hall–Kier alpha value is -14.6. The number of carboxylic acids is 1. The Morgan fingerprint density at radius 3 is 0.852 bits per heavy atom. The second kappa shape index (κ2) is 36.5. The second-order valence-corrected chi connectivity index (χ2v) is 27.3. The molecule has 9 aromatic heterocycles. The van der Waals surface area contributed by atoms with Gasteiger partial charge in [-0.2, -0.15) is 0 Å². The zero-order valence-corrected chi connectivity index (χ0v) is 63.5. The third-order valence-corrected chi connectivity index (χ3v) is 19.5. The molecule has 0 saturated heterocycles. The Morgan fingerprint density at radius 2 is 0.635 bits per heavy atom. The second-order valence-electron chi connectivity index (χ2n) is 24.3. The topological polar surface area (TPSA) is 377 Å². The number of hydrogen-bond donors (Lipinski definition) is 1. The van der Waals surface area contributed by atoms with E-state index in [-0.39, 0.29) is 87.7 Å². The number of furan rings is 6. The van der Waals surface area contributed by atoms with Crippen LogP contribution in [0.5, 0.6) is 17.2 Å². The number of hydrogen-bond acceptors (Lipinski definition) is 28. The first kappa shape index (κ1) is 79.9. The molecular formula is C83H64N6O23S3. The first-order valence-corrected chi connectivity index (χ1v) is 36.8. The predicted octanol–water partition coefficient (Wildman–Crippen LogP) is 10.2. The summed E-state index contributed by atoms with van der Waals surface area (Å²) in [5.41, 5.74) is 2.75. The van der Waals surface area contributed by atoms with Gasteiger partial charge in [-0.25, -0.2) is 43.7 Å². The third kappa shape index (κ3) is 18.5. The molecule has 32 heteroatoms. The van der Waals surface area contributed by atoms with E-state index in [0.717, 1.165) is 6.92 Å². The van der Waals surface area contributed by atoms with Gasteiger partial charge >= 0.3 is 35.8 Å². The molecule has 3 unspecified atom stereocenters. The Morgan fingerprint density at radius 1 is 0.391 bits per heavy atom. The molecule has 12 aromatic rings. The number of ether oxygens (including phenoxy) is 6. The fraction of sp³-hybridized carbons (Fsp3) is 0.120. The summed E-state index contributed by atoms with van der Waals surface area (Å²) in [6, 6.07) is 36.8. The van der Waals surface area contributed by atoms with E-state index in [2.05, 4.69) is 34.7 Å². The van der Waals surface area contributed by atoms with Gasteiger partial charge in [-0.15, -0.1) is 0 Å². The minimum absolute atomic E-state index is 0.00686. The van der Waals surface area contributed by atoms with Crippen LogP contribution in [0.4, 0.5) is 0 Å². The quantitative estimate of drug-likeness (QED) is 0.0302. The zero-order chi connectivity index (χ0) is 81.4. The molecule has 15 rings (SSSR count).